The molecule has 1 amide bonds. The van der Waals surface area contributed by atoms with Crippen LogP contribution in [0.1, 0.15) is 21.6 Å². The van der Waals surface area contributed by atoms with Crippen LogP contribution in [0.5, 0.6) is 0 Å². The lowest BCUT2D eigenvalue weighted by Gasteiger charge is -2.02. The van der Waals surface area contributed by atoms with Crippen LogP contribution in [0.2, 0.25) is 0 Å². The monoisotopic (exact) mass is 218 g/mol. The van der Waals surface area contributed by atoms with E-state index < -0.39 is 0 Å². The summed E-state index contributed by atoms with van der Waals surface area (Å²) in [7, 11) is 1.82. The van der Waals surface area contributed by atoms with Crippen LogP contribution in [0.3, 0.4) is 0 Å². The fourth-order valence-electron chi connectivity index (χ4n) is 1.47. The molecule has 2 N–H and O–H groups in total. The quantitative estimate of drug-likeness (QED) is 0.806. The van der Waals surface area contributed by atoms with Gasteiger partial charge in [-0.3, -0.25) is 9.48 Å². The molecule has 5 nitrogen and oxygen atoms in total. The molecule has 0 aromatic carbocycles. The first-order chi connectivity index (χ1) is 7.68. The zero-order valence-corrected chi connectivity index (χ0v) is 9.32. The predicted molar refractivity (Wildman–Crippen MR) is 59.9 cm³/mol. The van der Waals surface area contributed by atoms with E-state index in [1.807, 2.05) is 32.4 Å². The Kier molecular flexibility index (Phi) is 2.76. The van der Waals surface area contributed by atoms with E-state index in [1.54, 1.807) is 10.9 Å². The van der Waals surface area contributed by atoms with Gasteiger partial charge in [0.2, 0.25) is 0 Å². The van der Waals surface area contributed by atoms with Crippen molar-refractivity contribution in [2.75, 3.05) is 0 Å². The number of H-pyrrole nitrogens is 1. The number of carbonyl (C=O) groups is 1. The Bertz CT molecular complexity index is 484. The van der Waals surface area contributed by atoms with Gasteiger partial charge in [-0.15, -0.1) is 0 Å². The third kappa shape index (κ3) is 1.98. The summed E-state index contributed by atoms with van der Waals surface area (Å²) < 4.78 is 1.69. The van der Waals surface area contributed by atoms with Gasteiger partial charge in [0.1, 0.15) is 0 Å². The lowest BCUT2D eigenvalue weighted by atomic mass is 10.2. The van der Waals surface area contributed by atoms with Crippen molar-refractivity contribution in [2.45, 2.75) is 13.5 Å². The van der Waals surface area contributed by atoms with E-state index in [0.717, 1.165) is 11.3 Å². The van der Waals surface area contributed by atoms with Crippen LogP contribution in [-0.2, 0) is 13.6 Å². The lowest BCUT2D eigenvalue weighted by molar-refractivity contribution is 0.0950. The van der Waals surface area contributed by atoms with Gasteiger partial charge in [-0.1, -0.05) is 0 Å². The van der Waals surface area contributed by atoms with Gasteiger partial charge in [0.25, 0.3) is 5.91 Å². The molecule has 0 unspecified atom stereocenters. The highest BCUT2D eigenvalue weighted by Crippen LogP contribution is 2.05. The largest absolute Gasteiger partial charge is 0.367 e. The van der Waals surface area contributed by atoms with Crippen molar-refractivity contribution >= 4 is 5.91 Å². The molecule has 2 aromatic heterocycles. The molecular weight excluding hydrogens is 204 g/mol. The average molecular weight is 218 g/mol. The molecule has 0 bridgehead atoms. The predicted octanol–water partition coefficient (Wildman–Crippen LogP) is 0.987. The molecular formula is C11H14N4O. The molecule has 0 aliphatic rings. The number of aryl methyl sites for hydroxylation is 1. The number of nitrogens with one attached hydrogen (secondary N) is 2. The molecule has 0 spiro atoms. The first kappa shape index (κ1) is 10.5. The van der Waals surface area contributed by atoms with Crippen molar-refractivity contribution in [3.05, 3.63) is 41.5 Å². The van der Waals surface area contributed by atoms with Crippen molar-refractivity contribution in [2.24, 2.45) is 7.05 Å². The van der Waals surface area contributed by atoms with Gasteiger partial charge in [0.15, 0.2) is 0 Å². The highest BCUT2D eigenvalue weighted by Gasteiger charge is 2.11. The normalized spacial score (nSPS) is 10.4. The number of hydrogen-bond donors (Lipinski definition) is 2. The van der Waals surface area contributed by atoms with Crippen LogP contribution in [-0.4, -0.2) is 20.7 Å². The molecule has 0 aliphatic heterocycles. The van der Waals surface area contributed by atoms with Crippen molar-refractivity contribution in [1.29, 1.82) is 0 Å². The summed E-state index contributed by atoms with van der Waals surface area (Å²) in [6.07, 6.45) is 5.27. The molecule has 0 saturated carbocycles. The van der Waals surface area contributed by atoms with Crippen LogP contribution in [0, 0.1) is 6.92 Å². The first-order valence-corrected chi connectivity index (χ1v) is 5.07. The Morgan fingerprint density at radius 1 is 1.62 bits per heavy atom. The SMILES string of the molecule is Cc1c(C(=O)NCc2cc[nH]c2)cnn1C. The maximum atomic E-state index is 11.8. The van der Waals surface area contributed by atoms with E-state index in [0.29, 0.717) is 12.1 Å². The van der Waals surface area contributed by atoms with Crippen LogP contribution in [0.25, 0.3) is 0 Å². The summed E-state index contributed by atoms with van der Waals surface area (Å²) in [6, 6.07) is 1.93. The summed E-state index contributed by atoms with van der Waals surface area (Å²) >= 11 is 0. The fraction of sp³-hybridized carbons (Fsp3) is 0.273. The molecule has 16 heavy (non-hydrogen) atoms. The van der Waals surface area contributed by atoms with Crippen molar-refractivity contribution < 1.29 is 4.79 Å². The maximum absolute atomic E-state index is 11.8. The fourth-order valence-corrected chi connectivity index (χ4v) is 1.47. The first-order valence-electron chi connectivity index (χ1n) is 5.07. The summed E-state index contributed by atoms with van der Waals surface area (Å²) in [5, 5.41) is 6.88. The molecule has 0 saturated heterocycles. The van der Waals surface area contributed by atoms with Crippen LogP contribution in [0.4, 0.5) is 0 Å². The van der Waals surface area contributed by atoms with Crippen molar-refractivity contribution in [1.82, 2.24) is 20.1 Å². The summed E-state index contributed by atoms with van der Waals surface area (Å²) in [6.45, 7) is 2.40. The average Bonchev–Trinajstić information content (AvgIpc) is 2.88. The van der Waals surface area contributed by atoms with Crippen LogP contribution >= 0.6 is 0 Å². The number of nitrogens with zero attached hydrogens (tertiary/aromatic N) is 2. The maximum Gasteiger partial charge on any atom is 0.255 e. The van der Waals surface area contributed by atoms with Gasteiger partial charge in [-0.2, -0.15) is 5.10 Å². The molecule has 2 rings (SSSR count). The number of aromatic nitrogens is 3. The van der Waals surface area contributed by atoms with E-state index >= 15 is 0 Å². The van der Waals surface area contributed by atoms with E-state index in [9.17, 15) is 4.79 Å². The topological polar surface area (TPSA) is 62.7 Å². The third-order valence-electron chi connectivity index (χ3n) is 2.60. The number of aromatic amines is 1. The highest BCUT2D eigenvalue weighted by atomic mass is 16.1. The Morgan fingerprint density at radius 3 is 3.00 bits per heavy atom. The molecule has 2 aromatic rings. The number of amides is 1. The van der Waals surface area contributed by atoms with Crippen LogP contribution in [0.15, 0.2) is 24.7 Å². The second-order valence-electron chi connectivity index (χ2n) is 3.67. The molecule has 5 heteroatoms. The Hall–Kier alpha value is -2.04. The Balaban J connectivity index is 2.01. The molecule has 0 radical (unpaired) electrons. The summed E-state index contributed by atoms with van der Waals surface area (Å²) in [4.78, 5) is 14.7. The minimum Gasteiger partial charge on any atom is -0.367 e. The van der Waals surface area contributed by atoms with E-state index in [1.165, 1.54) is 0 Å². The second-order valence-corrected chi connectivity index (χ2v) is 3.67. The van der Waals surface area contributed by atoms with Gasteiger partial charge in [0.05, 0.1) is 11.8 Å². The molecule has 84 valence electrons. The Labute approximate surface area is 93.5 Å². The number of carbonyl (C=O) groups excluding carboxylic acids is 1. The zero-order valence-electron chi connectivity index (χ0n) is 9.32. The van der Waals surface area contributed by atoms with Gasteiger partial charge in [0, 0.05) is 31.7 Å². The van der Waals surface area contributed by atoms with E-state index in [2.05, 4.69) is 15.4 Å². The molecule has 0 aliphatic carbocycles. The summed E-state index contributed by atoms with van der Waals surface area (Å²) in [5.41, 5.74) is 2.54. The highest BCUT2D eigenvalue weighted by molar-refractivity contribution is 5.94. The number of rotatable bonds is 3. The van der Waals surface area contributed by atoms with Crippen molar-refractivity contribution in [3.63, 3.8) is 0 Å². The van der Waals surface area contributed by atoms with Gasteiger partial charge >= 0.3 is 0 Å². The molecule has 0 atom stereocenters. The third-order valence-corrected chi connectivity index (χ3v) is 2.60. The smallest absolute Gasteiger partial charge is 0.255 e. The van der Waals surface area contributed by atoms with E-state index in [4.69, 9.17) is 0 Å². The minimum atomic E-state index is -0.0909. The zero-order chi connectivity index (χ0) is 11.5. The van der Waals surface area contributed by atoms with Gasteiger partial charge < -0.3 is 10.3 Å². The van der Waals surface area contributed by atoms with E-state index in [-0.39, 0.29) is 5.91 Å². The molecule has 0 fully saturated rings. The van der Waals surface area contributed by atoms with Crippen LogP contribution < -0.4 is 5.32 Å². The van der Waals surface area contributed by atoms with Gasteiger partial charge in [-0.05, 0) is 18.6 Å². The van der Waals surface area contributed by atoms with Gasteiger partial charge in [-0.25, -0.2) is 0 Å². The standard InChI is InChI=1S/C11H14N4O/c1-8-10(7-14-15(8)2)11(16)13-6-9-3-4-12-5-9/h3-5,7,12H,6H2,1-2H3,(H,13,16). The lowest BCUT2D eigenvalue weighted by Crippen LogP contribution is -2.23. The second kappa shape index (κ2) is 4.22. The van der Waals surface area contributed by atoms with Crippen molar-refractivity contribution in [3.8, 4) is 0 Å². The summed E-state index contributed by atoms with van der Waals surface area (Å²) in [5.74, 6) is -0.0909. The Morgan fingerprint density at radius 2 is 2.44 bits per heavy atom. The minimum absolute atomic E-state index is 0.0909. The molecule has 2 heterocycles. The number of hydrogen-bond acceptors (Lipinski definition) is 2.